The highest BCUT2D eigenvalue weighted by Crippen LogP contribution is 2.47. The minimum atomic E-state index is -0.268. The Morgan fingerprint density at radius 1 is 1.03 bits per heavy atom. The fraction of sp³-hybridized carbons (Fsp3) is 0.240. The van der Waals surface area contributed by atoms with E-state index in [1.54, 1.807) is 12.1 Å². The first-order valence-electron chi connectivity index (χ1n) is 9.75. The Hall–Kier alpha value is -2.30. The molecule has 2 nitrogen and oxygen atoms in total. The first-order chi connectivity index (χ1) is 13.9. The predicted molar refractivity (Wildman–Crippen MR) is 123 cm³/mol. The van der Waals surface area contributed by atoms with Crippen molar-refractivity contribution in [3.63, 3.8) is 0 Å². The van der Waals surface area contributed by atoms with Gasteiger partial charge in [-0.25, -0.2) is 4.79 Å². The number of hydrogen-bond donors (Lipinski definition) is 0. The monoisotopic (exact) mass is 420 g/mol. The topological polar surface area (TPSA) is 26.3 Å². The van der Waals surface area contributed by atoms with Gasteiger partial charge in [-0.1, -0.05) is 30.3 Å². The Morgan fingerprint density at radius 2 is 1.83 bits per heavy atom. The minimum Gasteiger partial charge on any atom is -0.462 e. The number of aryl methyl sites for hydroxylation is 1. The summed E-state index contributed by atoms with van der Waals surface area (Å²) in [5.41, 5.74) is 4.37. The van der Waals surface area contributed by atoms with Crippen molar-refractivity contribution in [3.05, 3.63) is 93.2 Å². The van der Waals surface area contributed by atoms with E-state index in [0.717, 1.165) is 0 Å². The molecule has 0 amide bonds. The van der Waals surface area contributed by atoms with Crippen LogP contribution in [0.25, 0.3) is 5.57 Å². The van der Waals surface area contributed by atoms with Gasteiger partial charge in [0.2, 0.25) is 0 Å². The van der Waals surface area contributed by atoms with Crippen LogP contribution in [0.3, 0.4) is 0 Å². The standard InChI is InChI=1S/C25H24O2S2/c1-17-9-11-22(28-17)21-16-25(2,3)29-23-12-10-18(15-20(21)23)13-14-27-24(26)19-7-5-4-6-8-19/h4-12,15-16H,13-14H2,1-3H3. The first kappa shape index (κ1) is 20.0. The molecule has 2 aromatic carbocycles. The van der Waals surface area contributed by atoms with Crippen molar-refractivity contribution in [2.75, 3.05) is 6.61 Å². The summed E-state index contributed by atoms with van der Waals surface area (Å²) in [6, 6.07) is 20.2. The van der Waals surface area contributed by atoms with E-state index in [4.69, 9.17) is 4.74 Å². The predicted octanol–water partition coefficient (Wildman–Crippen LogP) is 6.77. The average Bonchev–Trinajstić information content (AvgIpc) is 3.14. The summed E-state index contributed by atoms with van der Waals surface area (Å²) >= 11 is 3.73. The van der Waals surface area contributed by atoms with Crippen LogP contribution < -0.4 is 0 Å². The summed E-state index contributed by atoms with van der Waals surface area (Å²) in [5, 5.41) is 0. The minimum absolute atomic E-state index is 0.0625. The van der Waals surface area contributed by atoms with Gasteiger partial charge in [-0.2, -0.15) is 0 Å². The van der Waals surface area contributed by atoms with Crippen LogP contribution in [0.1, 0.15) is 45.1 Å². The van der Waals surface area contributed by atoms with Gasteiger partial charge >= 0.3 is 5.97 Å². The molecule has 2 heterocycles. The van der Waals surface area contributed by atoms with Crippen molar-refractivity contribution in [3.8, 4) is 0 Å². The summed E-state index contributed by atoms with van der Waals surface area (Å²) in [6.07, 6.45) is 3.08. The van der Waals surface area contributed by atoms with Crippen LogP contribution in [0.4, 0.5) is 0 Å². The van der Waals surface area contributed by atoms with E-state index in [1.807, 2.05) is 41.3 Å². The van der Waals surface area contributed by atoms with Crippen LogP contribution in [0.15, 0.2) is 71.6 Å². The third kappa shape index (κ3) is 4.65. The fourth-order valence-electron chi connectivity index (χ4n) is 3.47. The Morgan fingerprint density at radius 3 is 2.55 bits per heavy atom. The third-order valence-corrected chi connectivity index (χ3v) is 7.09. The molecule has 0 N–H and O–H groups in total. The molecule has 0 saturated carbocycles. The van der Waals surface area contributed by atoms with Crippen LogP contribution in [0.2, 0.25) is 0 Å². The van der Waals surface area contributed by atoms with Crippen LogP contribution in [0.5, 0.6) is 0 Å². The number of carbonyl (C=O) groups is 1. The second-order valence-corrected chi connectivity index (χ2v) is 10.7. The highest BCUT2D eigenvalue weighted by atomic mass is 32.2. The maximum atomic E-state index is 12.1. The maximum Gasteiger partial charge on any atom is 0.338 e. The maximum absolute atomic E-state index is 12.1. The van der Waals surface area contributed by atoms with Crippen molar-refractivity contribution >= 4 is 34.6 Å². The highest BCUT2D eigenvalue weighted by molar-refractivity contribution is 8.01. The van der Waals surface area contributed by atoms with Crippen LogP contribution in [0, 0.1) is 6.92 Å². The molecule has 0 spiro atoms. The lowest BCUT2D eigenvalue weighted by Crippen LogP contribution is -2.16. The third-order valence-electron chi connectivity index (χ3n) is 4.84. The van der Waals surface area contributed by atoms with Gasteiger partial charge in [0, 0.05) is 25.8 Å². The van der Waals surface area contributed by atoms with E-state index in [1.165, 1.54) is 31.3 Å². The van der Waals surface area contributed by atoms with E-state index >= 15 is 0 Å². The lowest BCUT2D eigenvalue weighted by molar-refractivity contribution is 0.0509. The lowest BCUT2D eigenvalue weighted by Gasteiger charge is -2.29. The van der Waals surface area contributed by atoms with E-state index in [-0.39, 0.29) is 10.7 Å². The van der Waals surface area contributed by atoms with Gasteiger partial charge in [0.05, 0.1) is 12.2 Å². The summed E-state index contributed by atoms with van der Waals surface area (Å²) in [5.74, 6) is -0.268. The SMILES string of the molecule is Cc1ccc(C2=CC(C)(C)Sc3ccc(CCOC(=O)c4ccccc4)cc32)s1. The average molecular weight is 421 g/mol. The van der Waals surface area contributed by atoms with Crippen LogP contribution in [-0.2, 0) is 11.2 Å². The Balaban J connectivity index is 1.52. The van der Waals surface area contributed by atoms with Crippen LogP contribution in [-0.4, -0.2) is 17.3 Å². The van der Waals surface area contributed by atoms with Gasteiger partial charge in [-0.3, -0.25) is 0 Å². The molecule has 4 heteroatoms. The van der Waals surface area contributed by atoms with E-state index in [2.05, 4.69) is 57.2 Å². The summed E-state index contributed by atoms with van der Waals surface area (Å²) in [4.78, 5) is 16.1. The molecule has 0 aliphatic carbocycles. The Bertz CT molecular complexity index is 1060. The number of ether oxygens (including phenoxy) is 1. The molecule has 0 fully saturated rings. The molecule has 4 rings (SSSR count). The molecule has 0 unspecified atom stereocenters. The molecule has 3 aromatic rings. The largest absolute Gasteiger partial charge is 0.462 e. The van der Waals surface area contributed by atoms with Gasteiger partial charge in [0.25, 0.3) is 0 Å². The summed E-state index contributed by atoms with van der Waals surface area (Å²) < 4.78 is 5.53. The summed E-state index contributed by atoms with van der Waals surface area (Å²) in [7, 11) is 0. The second-order valence-electron chi connectivity index (χ2n) is 7.76. The van der Waals surface area contributed by atoms with E-state index < -0.39 is 0 Å². The molecule has 1 aromatic heterocycles. The summed E-state index contributed by atoms with van der Waals surface area (Å²) in [6.45, 7) is 7.05. The fourth-order valence-corrected chi connectivity index (χ4v) is 5.53. The van der Waals surface area contributed by atoms with Crippen LogP contribution >= 0.6 is 23.1 Å². The van der Waals surface area contributed by atoms with Gasteiger partial charge in [-0.05, 0) is 73.9 Å². The van der Waals surface area contributed by atoms with Gasteiger partial charge in [0.15, 0.2) is 0 Å². The molecule has 0 bridgehead atoms. The molecule has 0 saturated heterocycles. The first-order valence-corrected chi connectivity index (χ1v) is 11.4. The van der Waals surface area contributed by atoms with Crippen molar-refractivity contribution in [1.29, 1.82) is 0 Å². The normalized spacial score (nSPS) is 14.8. The smallest absolute Gasteiger partial charge is 0.338 e. The van der Waals surface area contributed by atoms with Gasteiger partial charge in [0.1, 0.15) is 0 Å². The zero-order valence-corrected chi connectivity index (χ0v) is 18.5. The number of esters is 1. The lowest BCUT2D eigenvalue weighted by atomic mass is 9.96. The number of hydrogen-bond acceptors (Lipinski definition) is 4. The number of thioether (sulfide) groups is 1. The zero-order chi connectivity index (χ0) is 20.4. The molecule has 0 atom stereocenters. The van der Waals surface area contributed by atoms with Crippen molar-refractivity contribution in [2.24, 2.45) is 0 Å². The zero-order valence-electron chi connectivity index (χ0n) is 16.9. The molecule has 1 aliphatic rings. The van der Waals surface area contributed by atoms with Crippen molar-refractivity contribution in [1.82, 2.24) is 0 Å². The molecular weight excluding hydrogens is 396 g/mol. The van der Waals surface area contributed by atoms with Crippen molar-refractivity contribution < 1.29 is 9.53 Å². The number of benzene rings is 2. The number of carbonyl (C=O) groups excluding carboxylic acids is 1. The molecule has 29 heavy (non-hydrogen) atoms. The highest BCUT2D eigenvalue weighted by Gasteiger charge is 2.27. The quantitative estimate of drug-likeness (QED) is 0.426. The molecule has 1 aliphatic heterocycles. The molecule has 148 valence electrons. The van der Waals surface area contributed by atoms with Gasteiger partial charge in [-0.15, -0.1) is 23.1 Å². The number of fused-ring (bicyclic) bond motifs is 1. The molecular formula is C25H24O2S2. The Kier molecular flexibility index (Phi) is 5.66. The van der Waals surface area contributed by atoms with Gasteiger partial charge < -0.3 is 4.74 Å². The number of rotatable bonds is 5. The van der Waals surface area contributed by atoms with E-state index in [9.17, 15) is 4.79 Å². The number of thiophene rings is 1. The molecule has 0 radical (unpaired) electrons. The Labute approximate surface area is 180 Å². The van der Waals surface area contributed by atoms with Crippen molar-refractivity contribution in [2.45, 2.75) is 36.8 Å². The van der Waals surface area contributed by atoms with E-state index in [0.29, 0.717) is 18.6 Å². The second kappa shape index (κ2) is 8.21.